The number of rotatable bonds is 2. The van der Waals surface area contributed by atoms with Gasteiger partial charge >= 0.3 is 6.18 Å². The molecule has 1 heterocycles. The molecule has 0 aliphatic carbocycles. The molecule has 18 heavy (non-hydrogen) atoms. The molecule has 3 atom stereocenters. The highest BCUT2D eigenvalue weighted by atomic mass is 19.4. The van der Waals surface area contributed by atoms with Gasteiger partial charge in [-0.2, -0.15) is 13.2 Å². The third-order valence-corrected chi connectivity index (χ3v) is 3.23. The first-order valence-corrected chi connectivity index (χ1v) is 5.89. The molecule has 1 rings (SSSR count). The van der Waals surface area contributed by atoms with Gasteiger partial charge in [0.05, 0.1) is 18.8 Å². The standard InChI is InChI=1S/C11H19F3N2O2/c1-4-8-6-18-7(2)5-16(8)9(17)10(3,15)11(12,13)14/h7-8H,4-6,15H2,1-3H3. The van der Waals surface area contributed by atoms with Gasteiger partial charge in [0.25, 0.3) is 5.91 Å². The number of nitrogens with zero attached hydrogens (tertiary/aromatic N) is 1. The van der Waals surface area contributed by atoms with Gasteiger partial charge in [0.2, 0.25) is 0 Å². The number of amides is 1. The first-order valence-electron chi connectivity index (χ1n) is 5.89. The quantitative estimate of drug-likeness (QED) is 0.821. The Kier molecular flexibility index (Phi) is 4.27. The van der Waals surface area contributed by atoms with Crippen LogP contribution in [0.4, 0.5) is 13.2 Å². The summed E-state index contributed by atoms with van der Waals surface area (Å²) < 4.78 is 43.6. The molecule has 0 radical (unpaired) electrons. The van der Waals surface area contributed by atoms with E-state index in [1.165, 1.54) is 4.90 Å². The molecular formula is C11H19F3N2O2. The van der Waals surface area contributed by atoms with E-state index < -0.39 is 17.6 Å². The van der Waals surface area contributed by atoms with Crippen LogP contribution in [-0.2, 0) is 9.53 Å². The van der Waals surface area contributed by atoms with E-state index in [1.54, 1.807) is 13.8 Å². The molecule has 0 bridgehead atoms. The third-order valence-electron chi connectivity index (χ3n) is 3.23. The Labute approximate surface area is 104 Å². The monoisotopic (exact) mass is 268 g/mol. The van der Waals surface area contributed by atoms with Crippen molar-refractivity contribution < 1.29 is 22.7 Å². The zero-order valence-electron chi connectivity index (χ0n) is 10.8. The van der Waals surface area contributed by atoms with Gasteiger partial charge in [0.1, 0.15) is 0 Å². The molecule has 2 N–H and O–H groups in total. The second-order valence-corrected chi connectivity index (χ2v) is 4.86. The Bertz CT molecular complexity index is 318. The van der Waals surface area contributed by atoms with Crippen LogP contribution in [0.1, 0.15) is 27.2 Å². The zero-order chi connectivity index (χ0) is 14.1. The van der Waals surface area contributed by atoms with E-state index in [0.29, 0.717) is 13.3 Å². The summed E-state index contributed by atoms with van der Waals surface area (Å²) in [4.78, 5) is 13.2. The Morgan fingerprint density at radius 3 is 2.50 bits per heavy atom. The molecule has 0 aromatic rings. The van der Waals surface area contributed by atoms with E-state index in [-0.39, 0.29) is 25.3 Å². The van der Waals surface area contributed by atoms with Crippen molar-refractivity contribution in [3.8, 4) is 0 Å². The molecule has 4 nitrogen and oxygen atoms in total. The number of nitrogens with two attached hydrogens (primary N) is 1. The van der Waals surface area contributed by atoms with E-state index in [0.717, 1.165) is 0 Å². The fraction of sp³-hybridized carbons (Fsp3) is 0.909. The fourth-order valence-corrected chi connectivity index (χ4v) is 1.85. The van der Waals surface area contributed by atoms with Crippen LogP contribution >= 0.6 is 0 Å². The van der Waals surface area contributed by atoms with E-state index in [9.17, 15) is 18.0 Å². The van der Waals surface area contributed by atoms with Crippen molar-refractivity contribution >= 4 is 5.91 Å². The van der Waals surface area contributed by atoms with Crippen molar-refractivity contribution in [2.75, 3.05) is 13.2 Å². The molecule has 3 unspecified atom stereocenters. The molecule has 0 spiro atoms. The molecule has 1 aliphatic rings. The molecule has 0 saturated carbocycles. The molecule has 0 aromatic carbocycles. The van der Waals surface area contributed by atoms with Gasteiger partial charge in [-0.3, -0.25) is 4.79 Å². The SMILES string of the molecule is CCC1COC(C)CN1C(=O)C(C)(N)C(F)(F)F. The van der Waals surface area contributed by atoms with Crippen molar-refractivity contribution in [3.05, 3.63) is 0 Å². The normalized spacial score (nSPS) is 28.9. The lowest BCUT2D eigenvalue weighted by Crippen LogP contribution is -2.66. The van der Waals surface area contributed by atoms with Crippen LogP contribution in [0.15, 0.2) is 0 Å². The smallest absolute Gasteiger partial charge is 0.375 e. The largest absolute Gasteiger partial charge is 0.415 e. The minimum atomic E-state index is -4.76. The lowest BCUT2D eigenvalue weighted by molar-refractivity contribution is -0.199. The summed E-state index contributed by atoms with van der Waals surface area (Å²) in [5.41, 5.74) is 2.32. The van der Waals surface area contributed by atoms with Crippen LogP contribution in [0.2, 0.25) is 0 Å². The summed E-state index contributed by atoms with van der Waals surface area (Å²) in [6.45, 7) is 4.61. The van der Waals surface area contributed by atoms with Gasteiger partial charge in [0.15, 0.2) is 5.54 Å². The van der Waals surface area contributed by atoms with Gasteiger partial charge < -0.3 is 15.4 Å². The number of morpholine rings is 1. The van der Waals surface area contributed by atoms with Crippen molar-refractivity contribution in [3.63, 3.8) is 0 Å². The maximum Gasteiger partial charge on any atom is 0.415 e. The fourth-order valence-electron chi connectivity index (χ4n) is 1.85. The van der Waals surface area contributed by atoms with Crippen molar-refractivity contribution in [2.45, 2.75) is 51.1 Å². The number of carbonyl (C=O) groups is 1. The highest BCUT2D eigenvalue weighted by molar-refractivity contribution is 5.87. The van der Waals surface area contributed by atoms with Crippen LogP contribution < -0.4 is 5.73 Å². The van der Waals surface area contributed by atoms with E-state index in [1.807, 2.05) is 0 Å². The first-order chi connectivity index (χ1) is 8.11. The Hall–Kier alpha value is -0.820. The van der Waals surface area contributed by atoms with Crippen LogP contribution in [-0.4, -0.2) is 47.8 Å². The second-order valence-electron chi connectivity index (χ2n) is 4.86. The lowest BCUT2D eigenvalue weighted by Gasteiger charge is -2.42. The molecule has 1 saturated heterocycles. The summed E-state index contributed by atoms with van der Waals surface area (Å²) in [6, 6.07) is -0.348. The predicted molar refractivity (Wildman–Crippen MR) is 59.9 cm³/mol. The van der Waals surface area contributed by atoms with Crippen molar-refractivity contribution in [1.29, 1.82) is 0 Å². The highest BCUT2D eigenvalue weighted by Gasteiger charge is 2.56. The average Bonchev–Trinajstić information content (AvgIpc) is 2.26. The molecule has 1 amide bonds. The Morgan fingerprint density at radius 2 is 2.06 bits per heavy atom. The predicted octanol–water partition coefficient (Wildman–Crippen LogP) is 1.29. The van der Waals surface area contributed by atoms with Gasteiger partial charge in [-0.05, 0) is 20.3 Å². The van der Waals surface area contributed by atoms with Crippen LogP contribution in [0.3, 0.4) is 0 Å². The highest BCUT2D eigenvalue weighted by Crippen LogP contribution is 2.31. The molecule has 1 aliphatic heterocycles. The Morgan fingerprint density at radius 1 is 1.50 bits per heavy atom. The van der Waals surface area contributed by atoms with E-state index in [2.05, 4.69) is 0 Å². The van der Waals surface area contributed by atoms with Gasteiger partial charge in [-0.1, -0.05) is 6.92 Å². The molecule has 0 aromatic heterocycles. The van der Waals surface area contributed by atoms with Gasteiger partial charge in [-0.15, -0.1) is 0 Å². The molecular weight excluding hydrogens is 249 g/mol. The number of ether oxygens (including phenoxy) is 1. The number of alkyl halides is 3. The minimum absolute atomic E-state index is 0.139. The average molecular weight is 268 g/mol. The van der Waals surface area contributed by atoms with Crippen LogP contribution in [0, 0.1) is 0 Å². The summed E-state index contributed by atoms with van der Waals surface area (Å²) in [5.74, 6) is -1.09. The van der Waals surface area contributed by atoms with Crippen LogP contribution in [0.5, 0.6) is 0 Å². The van der Waals surface area contributed by atoms with Gasteiger partial charge in [-0.25, -0.2) is 0 Å². The topological polar surface area (TPSA) is 55.6 Å². The number of hydrogen-bond acceptors (Lipinski definition) is 3. The number of carbonyl (C=O) groups excluding carboxylic acids is 1. The summed E-state index contributed by atoms with van der Waals surface area (Å²) >= 11 is 0. The molecule has 7 heteroatoms. The lowest BCUT2D eigenvalue weighted by atomic mass is 9.98. The van der Waals surface area contributed by atoms with E-state index in [4.69, 9.17) is 10.5 Å². The summed E-state index contributed by atoms with van der Waals surface area (Å²) in [5, 5.41) is 0. The third kappa shape index (κ3) is 2.77. The van der Waals surface area contributed by atoms with Crippen molar-refractivity contribution in [2.24, 2.45) is 5.73 Å². The second kappa shape index (κ2) is 5.05. The van der Waals surface area contributed by atoms with Crippen LogP contribution in [0.25, 0.3) is 0 Å². The minimum Gasteiger partial charge on any atom is -0.375 e. The maximum atomic E-state index is 12.8. The number of halogens is 3. The maximum absolute atomic E-state index is 12.8. The zero-order valence-corrected chi connectivity index (χ0v) is 10.8. The van der Waals surface area contributed by atoms with Crippen molar-refractivity contribution in [1.82, 2.24) is 4.90 Å². The number of hydrogen-bond donors (Lipinski definition) is 1. The molecule has 106 valence electrons. The van der Waals surface area contributed by atoms with Gasteiger partial charge in [0, 0.05) is 6.54 Å². The summed E-state index contributed by atoms with van der Waals surface area (Å²) in [6.07, 6.45) is -4.50. The molecule has 1 fully saturated rings. The first kappa shape index (κ1) is 15.2. The summed E-state index contributed by atoms with van der Waals surface area (Å²) in [7, 11) is 0. The van der Waals surface area contributed by atoms with E-state index >= 15 is 0 Å². The Balaban J connectivity index is 2.93.